The fourth-order valence-electron chi connectivity index (χ4n) is 2.63. The summed E-state index contributed by atoms with van der Waals surface area (Å²) in [5.74, 6) is -1.46. The number of nitriles is 1. The highest BCUT2D eigenvalue weighted by Crippen LogP contribution is 2.63. The van der Waals surface area contributed by atoms with Crippen LogP contribution in [-0.4, -0.2) is 33.0 Å². The summed E-state index contributed by atoms with van der Waals surface area (Å²) in [7, 11) is -2.37. The molecule has 0 aromatic heterocycles. The Balaban J connectivity index is 2.55. The van der Waals surface area contributed by atoms with E-state index >= 15 is 0 Å². The second-order valence-electron chi connectivity index (χ2n) is 4.61. The largest absolute Gasteiger partial charge is 0.468 e. The predicted molar refractivity (Wildman–Crippen MR) is 67.9 cm³/mol. The number of sulfone groups is 1. The molecule has 1 aliphatic carbocycles. The molecule has 1 aromatic carbocycles. The van der Waals surface area contributed by atoms with E-state index in [1.54, 1.807) is 30.3 Å². The first-order valence-corrected chi connectivity index (χ1v) is 7.58. The Morgan fingerprint density at radius 3 is 2.37 bits per heavy atom. The Hall–Kier alpha value is -1.87. The van der Waals surface area contributed by atoms with Crippen molar-refractivity contribution in [2.24, 2.45) is 5.41 Å². The second-order valence-corrected chi connectivity index (χ2v) is 6.78. The number of hydrogen-bond acceptors (Lipinski definition) is 5. The standard InChI is InChI=1S/C13H13NO4S/c1-18-12(15)13(8-14)10(11(13)19(2,16)17)9-6-4-3-5-7-9/h3-7,10-11H,1-2H3/t10-,11-,13+/m1/s1. The van der Waals surface area contributed by atoms with Crippen molar-refractivity contribution < 1.29 is 17.9 Å². The quantitative estimate of drug-likeness (QED) is 0.767. The Morgan fingerprint density at radius 2 is 1.95 bits per heavy atom. The summed E-state index contributed by atoms with van der Waals surface area (Å²) >= 11 is 0. The molecule has 2 rings (SSSR count). The molecular weight excluding hydrogens is 266 g/mol. The SMILES string of the molecule is COC(=O)[C@@]1(C#N)[C@H](c2ccccc2)[C@H]1S(C)(=O)=O. The van der Waals surface area contributed by atoms with E-state index in [9.17, 15) is 18.5 Å². The van der Waals surface area contributed by atoms with Crippen LogP contribution in [0.3, 0.4) is 0 Å². The lowest BCUT2D eigenvalue weighted by Crippen LogP contribution is -2.23. The molecular formula is C13H13NO4S. The maximum Gasteiger partial charge on any atom is 0.328 e. The van der Waals surface area contributed by atoms with Crippen molar-refractivity contribution in [2.75, 3.05) is 13.4 Å². The minimum Gasteiger partial charge on any atom is -0.468 e. The van der Waals surface area contributed by atoms with Gasteiger partial charge in [-0.3, -0.25) is 4.79 Å². The molecule has 5 nitrogen and oxygen atoms in total. The van der Waals surface area contributed by atoms with E-state index in [0.29, 0.717) is 5.56 Å². The van der Waals surface area contributed by atoms with Crippen LogP contribution >= 0.6 is 0 Å². The van der Waals surface area contributed by atoms with Gasteiger partial charge in [0, 0.05) is 12.2 Å². The van der Waals surface area contributed by atoms with Crippen molar-refractivity contribution in [3.8, 4) is 6.07 Å². The molecule has 0 N–H and O–H groups in total. The Morgan fingerprint density at radius 1 is 1.37 bits per heavy atom. The maximum atomic E-state index is 11.9. The molecule has 100 valence electrons. The first kappa shape index (κ1) is 13.6. The molecule has 0 unspecified atom stereocenters. The van der Waals surface area contributed by atoms with Crippen LogP contribution in [0.1, 0.15) is 11.5 Å². The van der Waals surface area contributed by atoms with Gasteiger partial charge in [-0.1, -0.05) is 30.3 Å². The van der Waals surface area contributed by atoms with Crippen molar-refractivity contribution >= 4 is 15.8 Å². The summed E-state index contributed by atoms with van der Waals surface area (Å²) < 4.78 is 28.2. The van der Waals surface area contributed by atoms with Gasteiger partial charge >= 0.3 is 5.97 Å². The molecule has 0 heterocycles. The van der Waals surface area contributed by atoms with Gasteiger partial charge in [-0.15, -0.1) is 0 Å². The molecule has 19 heavy (non-hydrogen) atoms. The summed E-state index contributed by atoms with van der Waals surface area (Å²) in [4.78, 5) is 11.9. The van der Waals surface area contributed by atoms with Gasteiger partial charge in [0.1, 0.15) is 5.25 Å². The normalized spacial score (nSPS) is 29.3. The Bertz CT molecular complexity index is 647. The van der Waals surface area contributed by atoms with Gasteiger partial charge in [-0.25, -0.2) is 8.42 Å². The number of rotatable bonds is 3. The third kappa shape index (κ3) is 1.90. The van der Waals surface area contributed by atoms with Gasteiger partial charge < -0.3 is 4.74 Å². The van der Waals surface area contributed by atoms with Crippen LogP contribution in [0.4, 0.5) is 0 Å². The number of carbonyl (C=O) groups excluding carboxylic acids is 1. The number of nitrogens with zero attached hydrogens (tertiary/aromatic N) is 1. The van der Waals surface area contributed by atoms with E-state index in [1.165, 1.54) is 0 Å². The third-order valence-electron chi connectivity index (χ3n) is 3.46. The van der Waals surface area contributed by atoms with Gasteiger partial charge in [0.2, 0.25) is 0 Å². The molecule has 0 aliphatic heterocycles. The predicted octanol–water partition coefficient (Wildman–Crippen LogP) is 0.880. The summed E-state index contributed by atoms with van der Waals surface area (Å²) in [5, 5.41) is 8.27. The molecule has 0 spiro atoms. The number of benzene rings is 1. The van der Waals surface area contributed by atoms with E-state index in [2.05, 4.69) is 4.74 Å². The minimum atomic E-state index is -3.53. The molecule has 1 aliphatic rings. The van der Waals surface area contributed by atoms with Crippen LogP contribution in [0, 0.1) is 16.7 Å². The molecule has 1 fully saturated rings. The van der Waals surface area contributed by atoms with Crippen LogP contribution in [0.15, 0.2) is 30.3 Å². The molecule has 0 radical (unpaired) electrons. The third-order valence-corrected chi connectivity index (χ3v) is 5.03. The molecule has 3 atom stereocenters. The van der Waals surface area contributed by atoms with Crippen molar-refractivity contribution in [2.45, 2.75) is 11.2 Å². The van der Waals surface area contributed by atoms with Crippen LogP contribution in [0.2, 0.25) is 0 Å². The lowest BCUT2D eigenvalue weighted by Gasteiger charge is -2.05. The summed E-state index contributed by atoms with van der Waals surface area (Å²) in [6.45, 7) is 0. The van der Waals surface area contributed by atoms with Gasteiger partial charge in [-0.2, -0.15) is 5.26 Å². The average Bonchev–Trinajstić information content (AvgIpc) is 3.09. The number of ether oxygens (including phenoxy) is 1. The highest BCUT2D eigenvalue weighted by atomic mass is 32.2. The average molecular weight is 279 g/mol. The summed E-state index contributed by atoms with van der Waals surface area (Å²) in [5.41, 5.74) is -0.964. The molecule has 6 heteroatoms. The molecule has 0 saturated heterocycles. The van der Waals surface area contributed by atoms with E-state index in [4.69, 9.17) is 0 Å². The number of methoxy groups -OCH3 is 1. The first-order valence-electron chi connectivity index (χ1n) is 5.63. The van der Waals surface area contributed by atoms with Crippen LogP contribution < -0.4 is 0 Å². The first-order chi connectivity index (χ1) is 8.89. The van der Waals surface area contributed by atoms with Crippen molar-refractivity contribution in [3.63, 3.8) is 0 Å². The molecule has 0 bridgehead atoms. The van der Waals surface area contributed by atoms with Gasteiger partial charge in [0.05, 0.1) is 13.2 Å². The number of carbonyl (C=O) groups is 1. The number of hydrogen-bond donors (Lipinski definition) is 0. The topological polar surface area (TPSA) is 84.2 Å². The van der Waals surface area contributed by atoms with Crippen LogP contribution in [0.25, 0.3) is 0 Å². The smallest absolute Gasteiger partial charge is 0.328 e. The van der Waals surface area contributed by atoms with Gasteiger partial charge in [0.25, 0.3) is 0 Å². The molecule has 1 aromatic rings. The zero-order chi connectivity index (χ0) is 14.3. The van der Waals surface area contributed by atoms with Gasteiger partial charge in [-0.05, 0) is 5.56 Å². The van der Waals surface area contributed by atoms with E-state index in [1.807, 2.05) is 6.07 Å². The lowest BCUT2D eigenvalue weighted by atomic mass is 10.0. The zero-order valence-electron chi connectivity index (χ0n) is 10.5. The monoisotopic (exact) mass is 279 g/mol. The van der Waals surface area contributed by atoms with E-state index in [0.717, 1.165) is 13.4 Å². The minimum absolute atomic E-state index is 0.657. The molecule has 1 saturated carbocycles. The summed E-state index contributed by atoms with van der Waals surface area (Å²) in [6, 6.07) is 10.6. The fraction of sp³-hybridized carbons (Fsp3) is 0.385. The van der Waals surface area contributed by atoms with Gasteiger partial charge in [0.15, 0.2) is 15.3 Å². The Labute approximate surface area is 111 Å². The highest BCUT2D eigenvalue weighted by molar-refractivity contribution is 7.91. The fourth-order valence-corrected chi connectivity index (χ4v) is 4.39. The van der Waals surface area contributed by atoms with Crippen molar-refractivity contribution in [1.29, 1.82) is 5.26 Å². The maximum absolute atomic E-state index is 11.9. The van der Waals surface area contributed by atoms with Crippen molar-refractivity contribution in [3.05, 3.63) is 35.9 Å². The Kier molecular flexibility index (Phi) is 3.11. The summed E-state index contributed by atoms with van der Waals surface area (Å²) in [6.07, 6.45) is 1.04. The van der Waals surface area contributed by atoms with Crippen molar-refractivity contribution in [1.82, 2.24) is 0 Å². The van der Waals surface area contributed by atoms with E-state index in [-0.39, 0.29) is 0 Å². The molecule has 0 amide bonds. The van der Waals surface area contributed by atoms with Crippen LogP contribution in [-0.2, 0) is 19.4 Å². The highest BCUT2D eigenvalue weighted by Gasteiger charge is 2.76. The second kappa shape index (κ2) is 4.35. The van der Waals surface area contributed by atoms with E-state index < -0.39 is 32.4 Å². The lowest BCUT2D eigenvalue weighted by molar-refractivity contribution is -0.144. The zero-order valence-corrected chi connectivity index (χ0v) is 11.3. The van der Waals surface area contributed by atoms with Crippen LogP contribution in [0.5, 0.6) is 0 Å². The number of esters is 1.